The van der Waals surface area contributed by atoms with E-state index < -0.39 is 29.8 Å². The summed E-state index contributed by atoms with van der Waals surface area (Å²) in [5.74, 6) is -1.23. The van der Waals surface area contributed by atoms with Crippen LogP contribution in [0.4, 0.5) is 4.79 Å². The highest BCUT2D eigenvalue weighted by atomic mass is 16.6. The first-order valence-corrected chi connectivity index (χ1v) is 6.92. The van der Waals surface area contributed by atoms with Crippen LogP contribution in [0.5, 0.6) is 0 Å². The molecule has 0 radical (unpaired) electrons. The number of carboxylic acid groups (broad SMARTS) is 1. The van der Waals surface area contributed by atoms with E-state index in [1.807, 2.05) is 18.2 Å². The molecule has 0 spiro atoms. The molecule has 2 N–H and O–H groups in total. The Kier molecular flexibility index (Phi) is 5.77. The summed E-state index contributed by atoms with van der Waals surface area (Å²) in [6.45, 7) is 4.93. The average Bonchev–Trinajstić information content (AvgIpc) is 2.50. The van der Waals surface area contributed by atoms with E-state index in [4.69, 9.17) is 10.8 Å². The van der Waals surface area contributed by atoms with Crippen LogP contribution in [0.15, 0.2) is 30.3 Å². The minimum absolute atomic E-state index is 0.0257. The molecule has 0 aliphatic rings. The molecule has 0 saturated carbocycles. The van der Waals surface area contributed by atoms with Crippen molar-refractivity contribution in [2.24, 2.45) is 0 Å². The summed E-state index contributed by atoms with van der Waals surface area (Å²) in [6, 6.07) is 7.81. The zero-order valence-electron chi connectivity index (χ0n) is 14.0. The average molecular weight is 310 g/mol. The van der Waals surface area contributed by atoms with Gasteiger partial charge in [0.15, 0.2) is 6.04 Å². The predicted molar refractivity (Wildman–Crippen MR) is 81.5 cm³/mol. The summed E-state index contributed by atoms with van der Waals surface area (Å²) < 4.78 is 17.9. The summed E-state index contributed by atoms with van der Waals surface area (Å²) in [6.07, 6.45) is -1.64. The molecule has 122 valence electrons. The molecular weight excluding hydrogens is 286 g/mol. The molecule has 0 heterocycles. The number of rotatable bonds is 6. The minimum Gasteiger partial charge on any atom is -0.480 e. The van der Waals surface area contributed by atoms with Crippen LogP contribution in [0.3, 0.4) is 0 Å². The van der Waals surface area contributed by atoms with Crippen LogP contribution in [-0.4, -0.2) is 34.9 Å². The third kappa shape index (κ3) is 6.58. The Morgan fingerprint density at radius 2 is 2.00 bits per heavy atom. The fourth-order valence-electron chi connectivity index (χ4n) is 1.84. The number of carboxylic acids is 1. The maximum Gasteiger partial charge on any atom is 0.408 e. The molecule has 1 amide bonds. The molecule has 0 aliphatic carbocycles. The zero-order chi connectivity index (χ0) is 17.5. The van der Waals surface area contributed by atoms with Crippen molar-refractivity contribution in [3.8, 4) is 0 Å². The van der Waals surface area contributed by atoms with Gasteiger partial charge < -0.3 is 19.9 Å². The third-order valence-electron chi connectivity index (χ3n) is 2.73. The van der Waals surface area contributed by atoms with Crippen molar-refractivity contribution < 1.29 is 25.5 Å². The van der Waals surface area contributed by atoms with Gasteiger partial charge in [0.25, 0.3) is 0 Å². The van der Waals surface area contributed by atoms with E-state index in [9.17, 15) is 14.7 Å². The van der Waals surface area contributed by atoms with Gasteiger partial charge in [0, 0.05) is 1.37 Å². The molecule has 0 aliphatic heterocycles. The molecule has 1 rings (SSSR count). The summed E-state index contributed by atoms with van der Waals surface area (Å²) in [4.78, 5) is 23.1. The van der Waals surface area contributed by atoms with E-state index in [0.29, 0.717) is 0 Å². The lowest BCUT2D eigenvalue weighted by molar-refractivity contribution is -0.147. The second kappa shape index (κ2) is 7.79. The van der Waals surface area contributed by atoms with Crippen molar-refractivity contribution in [1.29, 1.82) is 0 Å². The molecule has 6 nitrogen and oxygen atoms in total. The molecule has 0 unspecified atom stereocenters. The topological polar surface area (TPSA) is 84.9 Å². The first-order valence-electron chi connectivity index (χ1n) is 7.63. The van der Waals surface area contributed by atoms with Gasteiger partial charge in [-0.25, -0.2) is 9.59 Å². The van der Waals surface area contributed by atoms with Gasteiger partial charge in [0.05, 0.1) is 11.7 Å². The van der Waals surface area contributed by atoms with Crippen LogP contribution in [0, 0.1) is 0 Å². The highest BCUT2D eigenvalue weighted by molar-refractivity contribution is 5.80. The van der Waals surface area contributed by atoms with Crippen molar-refractivity contribution in [1.82, 2.24) is 5.32 Å². The predicted octanol–water partition coefficient (Wildman–Crippen LogP) is 2.57. The Morgan fingerprint density at radius 1 is 1.36 bits per heavy atom. The van der Waals surface area contributed by atoms with Gasteiger partial charge in [-0.2, -0.15) is 0 Å². The van der Waals surface area contributed by atoms with Gasteiger partial charge in [-0.15, -0.1) is 0 Å². The van der Waals surface area contributed by atoms with Crippen LogP contribution < -0.4 is 5.32 Å². The Hall–Kier alpha value is -2.08. The van der Waals surface area contributed by atoms with Gasteiger partial charge in [-0.3, -0.25) is 0 Å². The largest absolute Gasteiger partial charge is 0.480 e. The highest BCUT2D eigenvalue weighted by Crippen LogP contribution is 2.13. The first kappa shape index (κ1) is 16.3. The number of hydrogen-bond donors (Lipinski definition) is 2. The Bertz CT molecular complexity index is 520. The van der Waals surface area contributed by atoms with Gasteiger partial charge in [0.1, 0.15) is 6.61 Å². The number of carbonyl (C=O) groups excluding carboxylic acids is 1. The number of amides is 1. The number of aliphatic carboxylic acids is 1. The molecule has 6 heteroatoms. The van der Waals surface area contributed by atoms with E-state index >= 15 is 0 Å². The van der Waals surface area contributed by atoms with E-state index in [1.165, 1.54) is 6.92 Å². The van der Waals surface area contributed by atoms with Crippen molar-refractivity contribution in [3.63, 3.8) is 0 Å². The first-order chi connectivity index (χ1) is 10.7. The lowest BCUT2D eigenvalue weighted by Gasteiger charge is -2.29. The van der Waals surface area contributed by atoms with E-state index in [-0.39, 0.29) is 13.5 Å². The number of alkyl carbamates (subject to hydrolysis) is 1. The molecule has 0 fully saturated rings. The smallest absolute Gasteiger partial charge is 0.408 e. The monoisotopic (exact) mass is 310 g/mol. The van der Waals surface area contributed by atoms with E-state index in [0.717, 1.165) is 5.56 Å². The van der Waals surface area contributed by atoms with E-state index in [1.54, 1.807) is 26.0 Å². The highest BCUT2D eigenvalue weighted by Gasteiger charge is 2.30. The molecule has 22 heavy (non-hydrogen) atoms. The molecule has 0 aromatic heterocycles. The standard InChI is InChI=1S/C16H23NO5/c1-11(22-16(2,3)4)13(14(18)19)17-15(20)21-10-12-8-6-5-7-9-12/h5-9,11,13H,10H2,1-4H3,(H,17,20)(H,18,19)/t11-,13+/m1/s1/i2D. The minimum atomic E-state index is -1.26. The molecule has 2 atom stereocenters. The number of ether oxygens (including phenoxy) is 2. The summed E-state index contributed by atoms with van der Waals surface area (Å²) in [5.41, 5.74) is -0.00269. The fraction of sp³-hybridized carbons (Fsp3) is 0.500. The maximum absolute atomic E-state index is 11.8. The zero-order valence-corrected chi connectivity index (χ0v) is 13.0. The van der Waals surface area contributed by atoms with Crippen LogP contribution in [0.1, 0.15) is 34.6 Å². The van der Waals surface area contributed by atoms with Crippen molar-refractivity contribution >= 4 is 12.1 Å². The molecule has 1 aromatic carbocycles. The van der Waals surface area contributed by atoms with Crippen LogP contribution in [-0.2, 0) is 20.9 Å². The summed E-state index contributed by atoms with van der Waals surface area (Å²) in [7, 11) is 0. The van der Waals surface area contributed by atoms with Crippen LogP contribution >= 0.6 is 0 Å². The normalized spacial score (nSPS) is 14.6. The molecule has 0 saturated heterocycles. The Morgan fingerprint density at radius 3 is 2.55 bits per heavy atom. The molecule has 0 bridgehead atoms. The number of benzene rings is 1. The fourth-order valence-corrected chi connectivity index (χ4v) is 1.84. The third-order valence-corrected chi connectivity index (χ3v) is 2.73. The number of carbonyl (C=O) groups is 2. The summed E-state index contributed by atoms with van der Waals surface area (Å²) in [5, 5.41) is 11.5. The quantitative estimate of drug-likeness (QED) is 0.843. The number of nitrogens with one attached hydrogen (secondary N) is 1. The second-order valence-corrected chi connectivity index (χ2v) is 5.60. The second-order valence-electron chi connectivity index (χ2n) is 5.60. The SMILES string of the molecule is [2H]CC(C)(C)O[C@H](C)[C@H](NC(=O)OCc1ccccc1)C(=O)O. The van der Waals surface area contributed by atoms with Crippen molar-refractivity contribution in [3.05, 3.63) is 35.9 Å². The molecule has 1 aromatic rings. The lowest BCUT2D eigenvalue weighted by Crippen LogP contribution is -2.50. The van der Waals surface area contributed by atoms with Crippen LogP contribution in [0.2, 0.25) is 0 Å². The van der Waals surface area contributed by atoms with Crippen LogP contribution in [0.25, 0.3) is 0 Å². The van der Waals surface area contributed by atoms with Crippen molar-refractivity contribution in [2.45, 2.75) is 52.0 Å². The van der Waals surface area contributed by atoms with Gasteiger partial charge in [0.2, 0.25) is 0 Å². The Labute approximate surface area is 131 Å². The molecular formula is C16H23NO5. The Balaban J connectivity index is 2.58. The maximum atomic E-state index is 11.8. The van der Waals surface area contributed by atoms with Gasteiger partial charge >= 0.3 is 12.1 Å². The van der Waals surface area contributed by atoms with Gasteiger partial charge in [-0.1, -0.05) is 30.3 Å². The van der Waals surface area contributed by atoms with E-state index in [2.05, 4.69) is 5.32 Å². The summed E-state index contributed by atoms with van der Waals surface area (Å²) >= 11 is 0. The number of hydrogen-bond acceptors (Lipinski definition) is 4. The van der Waals surface area contributed by atoms with Crippen molar-refractivity contribution in [2.75, 3.05) is 0 Å². The lowest BCUT2D eigenvalue weighted by atomic mass is 10.1. The van der Waals surface area contributed by atoms with Gasteiger partial charge in [-0.05, 0) is 33.2 Å².